The molecule has 0 atom stereocenters. The molecule has 1 aromatic heterocycles. The van der Waals surface area contributed by atoms with Crippen LogP contribution in [-0.4, -0.2) is 21.7 Å². The molecule has 6 nitrogen and oxygen atoms in total. The first-order chi connectivity index (χ1) is 10.4. The summed E-state index contributed by atoms with van der Waals surface area (Å²) in [5.41, 5.74) is 6.69. The Morgan fingerprint density at radius 3 is 2.73 bits per heavy atom. The van der Waals surface area contributed by atoms with E-state index in [4.69, 9.17) is 15.9 Å². The van der Waals surface area contributed by atoms with Gasteiger partial charge in [0, 0.05) is 12.1 Å². The van der Waals surface area contributed by atoms with Gasteiger partial charge >= 0.3 is 0 Å². The zero-order valence-corrected chi connectivity index (χ0v) is 13.0. The first-order valence-corrected chi connectivity index (χ1v) is 7.16. The van der Waals surface area contributed by atoms with Crippen molar-refractivity contribution >= 4 is 5.84 Å². The predicted molar refractivity (Wildman–Crippen MR) is 86.4 cm³/mol. The number of nitrogens with two attached hydrogens (primary N) is 1. The molecule has 0 saturated carbocycles. The Kier molecular flexibility index (Phi) is 4.60. The first kappa shape index (κ1) is 15.8. The number of nitrogens with zero attached hydrogens (tertiary/aromatic N) is 2. The Morgan fingerprint density at radius 1 is 1.41 bits per heavy atom. The van der Waals surface area contributed by atoms with E-state index in [1.807, 2.05) is 45.0 Å². The van der Waals surface area contributed by atoms with Crippen molar-refractivity contribution in [3.63, 3.8) is 0 Å². The van der Waals surface area contributed by atoms with Crippen LogP contribution in [0.25, 0.3) is 11.3 Å². The molecule has 0 aliphatic rings. The molecule has 0 aliphatic carbocycles. The fraction of sp³-hybridized carbons (Fsp3) is 0.312. The Balaban J connectivity index is 2.55. The number of ether oxygens (including phenoxy) is 1. The van der Waals surface area contributed by atoms with Gasteiger partial charge in [-0.05, 0) is 39.0 Å². The Hall–Kier alpha value is -2.63. The monoisotopic (exact) mass is 300 g/mol. The van der Waals surface area contributed by atoms with Crippen molar-refractivity contribution in [3.05, 3.63) is 46.2 Å². The van der Waals surface area contributed by atoms with Gasteiger partial charge in [-0.2, -0.15) is 5.10 Å². The number of hydrogen-bond donors (Lipinski definition) is 2. The van der Waals surface area contributed by atoms with Crippen molar-refractivity contribution in [1.82, 2.24) is 9.78 Å². The number of benzene rings is 1. The second-order valence-corrected chi connectivity index (χ2v) is 5.17. The van der Waals surface area contributed by atoms with Crippen LogP contribution in [0.2, 0.25) is 0 Å². The van der Waals surface area contributed by atoms with E-state index >= 15 is 0 Å². The summed E-state index contributed by atoms with van der Waals surface area (Å²) in [5, 5.41) is 11.9. The number of aromatic nitrogens is 2. The molecule has 0 fully saturated rings. The summed E-state index contributed by atoms with van der Waals surface area (Å²) in [7, 11) is 0. The van der Waals surface area contributed by atoms with Crippen LogP contribution in [0.15, 0.2) is 35.1 Å². The molecule has 3 N–H and O–H groups in total. The number of amidine groups is 1. The van der Waals surface area contributed by atoms with Crippen molar-refractivity contribution in [2.24, 2.45) is 5.73 Å². The summed E-state index contributed by atoms with van der Waals surface area (Å²) >= 11 is 0. The SMILES string of the molecule is CCn1nc(-c2cccc(OC(C)C)c2)cc(C(=N)N)c1=O. The van der Waals surface area contributed by atoms with Crippen LogP contribution in [0.1, 0.15) is 26.3 Å². The van der Waals surface area contributed by atoms with Crippen molar-refractivity contribution in [1.29, 1.82) is 5.41 Å². The molecule has 0 amide bonds. The standard InChI is InChI=1S/C16H20N4O2/c1-4-20-16(21)13(15(17)18)9-14(19-20)11-6-5-7-12(8-11)22-10(2)3/h5-10H,4H2,1-3H3,(H3,17,18). The number of aryl methyl sites for hydroxylation is 1. The van der Waals surface area contributed by atoms with Crippen molar-refractivity contribution in [2.45, 2.75) is 33.4 Å². The van der Waals surface area contributed by atoms with E-state index < -0.39 is 0 Å². The smallest absolute Gasteiger partial charge is 0.277 e. The number of rotatable bonds is 5. The highest BCUT2D eigenvalue weighted by molar-refractivity contribution is 5.95. The van der Waals surface area contributed by atoms with Crippen LogP contribution in [-0.2, 0) is 6.54 Å². The van der Waals surface area contributed by atoms with E-state index in [-0.39, 0.29) is 23.1 Å². The van der Waals surface area contributed by atoms with Gasteiger partial charge in [0.2, 0.25) is 0 Å². The highest BCUT2D eigenvalue weighted by atomic mass is 16.5. The van der Waals surface area contributed by atoms with Crippen LogP contribution in [0.3, 0.4) is 0 Å². The quantitative estimate of drug-likeness (QED) is 0.652. The van der Waals surface area contributed by atoms with Gasteiger partial charge in [-0.25, -0.2) is 4.68 Å². The normalized spacial score (nSPS) is 10.7. The Labute approximate surface area is 129 Å². The second kappa shape index (κ2) is 6.43. The summed E-state index contributed by atoms with van der Waals surface area (Å²) in [5.74, 6) is 0.471. The van der Waals surface area contributed by atoms with Gasteiger partial charge in [-0.1, -0.05) is 12.1 Å². The largest absolute Gasteiger partial charge is 0.491 e. The fourth-order valence-corrected chi connectivity index (χ4v) is 2.09. The maximum absolute atomic E-state index is 12.1. The van der Waals surface area contributed by atoms with Gasteiger partial charge in [0.05, 0.1) is 17.4 Å². The van der Waals surface area contributed by atoms with Gasteiger partial charge in [0.1, 0.15) is 11.6 Å². The zero-order chi connectivity index (χ0) is 16.3. The molecule has 0 bridgehead atoms. The maximum Gasteiger partial charge on any atom is 0.277 e. The average Bonchev–Trinajstić information content (AvgIpc) is 2.46. The van der Waals surface area contributed by atoms with Crippen molar-refractivity contribution < 1.29 is 4.74 Å². The minimum absolute atomic E-state index is 0.0700. The first-order valence-electron chi connectivity index (χ1n) is 7.16. The van der Waals surface area contributed by atoms with Crippen molar-refractivity contribution in [3.8, 4) is 17.0 Å². The van der Waals surface area contributed by atoms with E-state index in [1.54, 1.807) is 6.07 Å². The van der Waals surface area contributed by atoms with Crippen LogP contribution in [0, 0.1) is 5.41 Å². The Bertz CT molecular complexity index is 750. The molecular formula is C16H20N4O2. The maximum atomic E-state index is 12.1. The minimum atomic E-state index is -0.353. The topological polar surface area (TPSA) is 94.0 Å². The van der Waals surface area contributed by atoms with Crippen molar-refractivity contribution in [2.75, 3.05) is 0 Å². The number of hydrogen-bond acceptors (Lipinski definition) is 4. The second-order valence-electron chi connectivity index (χ2n) is 5.17. The lowest BCUT2D eigenvalue weighted by atomic mass is 10.1. The summed E-state index contributed by atoms with van der Waals surface area (Å²) in [4.78, 5) is 12.1. The van der Waals surface area contributed by atoms with Gasteiger partial charge in [0.15, 0.2) is 0 Å². The number of nitrogens with one attached hydrogen (secondary N) is 1. The summed E-state index contributed by atoms with van der Waals surface area (Å²) < 4.78 is 6.98. The fourth-order valence-electron chi connectivity index (χ4n) is 2.09. The molecule has 0 radical (unpaired) electrons. The molecule has 0 unspecified atom stereocenters. The van der Waals surface area contributed by atoms with Gasteiger partial charge in [0.25, 0.3) is 5.56 Å². The molecule has 6 heteroatoms. The number of nitrogen functional groups attached to an aromatic ring is 1. The van der Waals surface area contributed by atoms with Crippen LogP contribution in [0.4, 0.5) is 0 Å². The van der Waals surface area contributed by atoms with Crippen LogP contribution in [0.5, 0.6) is 5.75 Å². The summed E-state index contributed by atoms with van der Waals surface area (Å²) in [6.07, 6.45) is 0.0700. The minimum Gasteiger partial charge on any atom is -0.491 e. The van der Waals surface area contributed by atoms with Gasteiger partial charge in [-0.15, -0.1) is 0 Å². The lowest BCUT2D eigenvalue weighted by Crippen LogP contribution is -2.31. The lowest BCUT2D eigenvalue weighted by Gasteiger charge is -2.12. The van der Waals surface area contributed by atoms with Gasteiger partial charge < -0.3 is 10.5 Å². The van der Waals surface area contributed by atoms with E-state index in [1.165, 1.54) is 4.68 Å². The highest BCUT2D eigenvalue weighted by Gasteiger charge is 2.12. The van der Waals surface area contributed by atoms with E-state index in [0.29, 0.717) is 12.2 Å². The molecule has 0 saturated heterocycles. The molecule has 22 heavy (non-hydrogen) atoms. The third kappa shape index (κ3) is 3.33. The van der Waals surface area contributed by atoms with E-state index in [0.717, 1.165) is 11.3 Å². The average molecular weight is 300 g/mol. The van der Waals surface area contributed by atoms with Crippen LogP contribution < -0.4 is 16.0 Å². The molecule has 2 rings (SSSR count). The molecule has 116 valence electrons. The third-order valence-electron chi connectivity index (χ3n) is 3.07. The van der Waals surface area contributed by atoms with E-state index in [9.17, 15) is 4.79 Å². The van der Waals surface area contributed by atoms with Gasteiger partial charge in [-0.3, -0.25) is 10.2 Å². The van der Waals surface area contributed by atoms with E-state index in [2.05, 4.69) is 5.10 Å². The highest BCUT2D eigenvalue weighted by Crippen LogP contribution is 2.23. The zero-order valence-electron chi connectivity index (χ0n) is 13.0. The predicted octanol–water partition coefficient (Wildman–Crippen LogP) is 2.00. The summed E-state index contributed by atoms with van der Waals surface area (Å²) in [6, 6.07) is 9.01. The van der Waals surface area contributed by atoms with Crippen LogP contribution >= 0.6 is 0 Å². The molecule has 1 aromatic carbocycles. The molecule has 2 aromatic rings. The molecular weight excluding hydrogens is 280 g/mol. The molecule has 0 spiro atoms. The summed E-state index contributed by atoms with van der Waals surface area (Å²) in [6.45, 7) is 6.14. The Morgan fingerprint density at radius 2 is 2.14 bits per heavy atom. The molecule has 1 heterocycles. The molecule has 0 aliphatic heterocycles. The lowest BCUT2D eigenvalue weighted by molar-refractivity contribution is 0.242. The third-order valence-corrected chi connectivity index (χ3v) is 3.07.